The molecule has 28 heavy (non-hydrogen) atoms. The Labute approximate surface area is 165 Å². The summed E-state index contributed by atoms with van der Waals surface area (Å²) >= 11 is 0. The number of amides is 3. The Kier molecular flexibility index (Phi) is 4.97. The average molecular weight is 384 g/mol. The first-order valence-electron chi connectivity index (χ1n) is 10.1. The maximum absolute atomic E-state index is 12.7. The summed E-state index contributed by atoms with van der Waals surface area (Å²) in [4.78, 5) is 37.8. The Morgan fingerprint density at radius 2 is 2.11 bits per heavy atom. The Bertz CT molecular complexity index is 824. The molecule has 2 heterocycles. The van der Waals surface area contributed by atoms with Crippen LogP contribution < -0.4 is 16.4 Å². The highest BCUT2D eigenvalue weighted by atomic mass is 16.2. The minimum atomic E-state index is -0.567. The molecular weight excluding hydrogens is 356 g/mol. The smallest absolute Gasteiger partial charge is 0.255 e. The zero-order valence-electron chi connectivity index (χ0n) is 16.3. The molecule has 0 aromatic heterocycles. The monoisotopic (exact) mass is 384 g/mol. The van der Waals surface area contributed by atoms with Gasteiger partial charge in [0.25, 0.3) is 5.91 Å². The van der Waals surface area contributed by atoms with Crippen molar-refractivity contribution in [3.63, 3.8) is 0 Å². The summed E-state index contributed by atoms with van der Waals surface area (Å²) in [6.45, 7) is 4.27. The van der Waals surface area contributed by atoms with Gasteiger partial charge in [-0.2, -0.15) is 0 Å². The van der Waals surface area contributed by atoms with E-state index >= 15 is 0 Å². The van der Waals surface area contributed by atoms with Crippen LogP contribution in [0.5, 0.6) is 0 Å². The summed E-state index contributed by atoms with van der Waals surface area (Å²) in [6, 6.07) is 5.55. The van der Waals surface area contributed by atoms with Gasteiger partial charge in [0, 0.05) is 37.7 Å². The molecule has 0 bridgehead atoms. The number of nitrogens with one attached hydrogen (secondary N) is 2. The van der Waals surface area contributed by atoms with E-state index < -0.39 is 6.04 Å². The van der Waals surface area contributed by atoms with Crippen molar-refractivity contribution in [2.45, 2.75) is 64.2 Å². The number of carbonyl (C=O) groups excluding carboxylic acids is 3. The molecule has 0 spiro atoms. The number of imide groups is 1. The third-order valence-corrected chi connectivity index (χ3v) is 6.60. The molecule has 4 N–H and O–H groups in total. The lowest BCUT2D eigenvalue weighted by Gasteiger charge is -2.29. The number of carbonyl (C=O) groups is 3. The lowest BCUT2D eigenvalue weighted by atomic mass is 9.85. The van der Waals surface area contributed by atoms with Crippen LogP contribution >= 0.6 is 0 Å². The Balaban J connectivity index is 1.40. The standard InChI is InChI=1S/C21H28N4O3/c1-21(8-2-3-17(21)22)12-23-10-13-4-5-15-14(9-13)11-25(20(15)28)16-6-7-18(26)24-19(16)27/h4-5,9,16-17,23H,2-3,6-8,10-12,22H2,1H3,(H,24,26,27)/t16?,17-,21+/m1/s1. The minimum Gasteiger partial charge on any atom is -0.327 e. The van der Waals surface area contributed by atoms with Gasteiger partial charge in [0.1, 0.15) is 6.04 Å². The van der Waals surface area contributed by atoms with E-state index in [2.05, 4.69) is 17.6 Å². The number of fused-ring (bicyclic) bond motifs is 1. The van der Waals surface area contributed by atoms with Gasteiger partial charge in [-0.3, -0.25) is 19.7 Å². The van der Waals surface area contributed by atoms with Gasteiger partial charge in [-0.05, 0) is 41.9 Å². The van der Waals surface area contributed by atoms with Gasteiger partial charge >= 0.3 is 0 Å². The molecular formula is C21H28N4O3. The van der Waals surface area contributed by atoms with Crippen LogP contribution in [0.1, 0.15) is 60.5 Å². The SMILES string of the molecule is C[C@@]1(CNCc2ccc3c(c2)CN(C2CCC(=O)NC2=O)C3=O)CCC[C@H]1N. The topological polar surface area (TPSA) is 105 Å². The maximum Gasteiger partial charge on any atom is 0.255 e. The number of piperidine rings is 1. The van der Waals surface area contributed by atoms with Crippen molar-refractivity contribution in [1.82, 2.24) is 15.5 Å². The molecule has 1 saturated carbocycles. The Morgan fingerprint density at radius 1 is 1.29 bits per heavy atom. The molecule has 7 heteroatoms. The lowest BCUT2D eigenvalue weighted by molar-refractivity contribution is -0.136. The van der Waals surface area contributed by atoms with Crippen molar-refractivity contribution in [3.05, 3.63) is 34.9 Å². The van der Waals surface area contributed by atoms with Crippen LogP contribution in [-0.4, -0.2) is 41.2 Å². The maximum atomic E-state index is 12.7. The molecule has 1 unspecified atom stereocenters. The summed E-state index contributed by atoms with van der Waals surface area (Å²) in [6.07, 6.45) is 4.09. The van der Waals surface area contributed by atoms with E-state index in [0.29, 0.717) is 18.5 Å². The zero-order chi connectivity index (χ0) is 19.9. The Hall–Kier alpha value is -2.25. The summed E-state index contributed by atoms with van der Waals surface area (Å²) in [5, 5.41) is 5.86. The van der Waals surface area contributed by atoms with Gasteiger partial charge in [0.05, 0.1) is 0 Å². The summed E-state index contributed by atoms with van der Waals surface area (Å²) in [5.41, 5.74) is 9.11. The molecule has 2 fully saturated rings. The van der Waals surface area contributed by atoms with Gasteiger partial charge in [-0.25, -0.2) is 0 Å². The van der Waals surface area contributed by atoms with Crippen molar-refractivity contribution < 1.29 is 14.4 Å². The van der Waals surface area contributed by atoms with Gasteiger partial charge in [0.2, 0.25) is 11.8 Å². The third kappa shape index (κ3) is 3.44. The molecule has 1 aliphatic carbocycles. The fraction of sp³-hybridized carbons (Fsp3) is 0.571. The molecule has 0 radical (unpaired) electrons. The van der Waals surface area contributed by atoms with Crippen LogP contribution in [0.2, 0.25) is 0 Å². The second kappa shape index (κ2) is 7.29. The highest BCUT2D eigenvalue weighted by Crippen LogP contribution is 2.36. The number of hydrogen-bond acceptors (Lipinski definition) is 5. The second-order valence-electron chi connectivity index (χ2n) is 8.65. The van der Waals surface area contributed by atoms with E-state index in [0.717, 1.165) is 37.1 Å². The van der Waals surface area contributed by atoms with Crippen molar-refractivity contribution >= 4 is 17.7 Å². The molecule has 3 aliphatic rings. The van der Waals surface area contributed by atoms with E-state index in [1.165, 1.54) is 6.42 Å². The predicted octanol–water partition coefficient (Wildman–Crippen LogP) is 1.05. The fourth-order valence-electron chi connectivity index (χ4n) is 4.71. The lowest BCUT2D eigenvalue weighted by Crippen LogP contribution is -2.52. The number of nitrogens with two attached hydrogens (primary N) is 1. The second-order valence-corrected chi connectivity index (χ2v) is 8.65. The van der Waals surface area contributed by atoms with Gasteiger partial charge in [0.15, 0.2) is 0 Å². The number of hydrogen-bond donors (Lipinski definition) is 3. The van der Waals surface area contributed by atoms with Gasteiger partial charge < -0.3 is 16.0 Å². The molecule has 150 valence electrons. The van der Waals surface area contributed by atoms with E-state index in [4.69, 9.17) is 5.73 Å². The third-order valence-electron chi connectivity index (χ3n) is 6.60. The summed E-state index contributed by atoms with van der Waals surface area (Å²) in [5.74, 6) is -0.775. The fourth-order valence-corrected chi connectivity index (χ4v) is 4.71. The van der Waals surface area contributed by atoms with E-state index in [1.54, 1.807) is 4.90 Å². The Morgan fingerprint density at radius 3 is 2.82 bits per heavy atom. The van der Waals surface area contributed by atoms with E-state index in [9.17, 15) is 14.4 Å². The summed E-state index contributed by atoms with van der Waals surface area (Å²) in [7, 11) is 0. The van der Waals surface area contributed by atoms with Crippen LogP contribution in [0, 0.1) is 5.41 Å². The van der Waals surface area contributed by atoms with Crippen LogP contribution in [0.4, 0.5) is 0 Å². The average Bonchev–Trinajstić information content (AvgIpc) is 3.15. The molecule has 3 atom stereocenters. The molecule has 3 amide bonds. The largest absolute Gasteiger partial charge is 0.327 e. The molecule has 1 saturated heterocycles. The normalized spacial score (nSPS) is 29.9. The molecule has 4 rings (SSSR count). The highest BCUT2D eigenvalue weighted by molar-refractivity contribution is 6.05. The highest BCUT2D eigenvalue weighted by Gasteiger charge is 2.39. The van der Waals surface area contributed by atoms with Crippen LogP contribution in [0.15, 0.2) is 18.2 Å². The summed E-state index contributed by atoms with van der Waals surface area (Å²) < 4.78 is 0. The van der Waals surface area contributed by atoms with Crippen LogP contribution in [-0.2, 0) is 22.7 Å². The quantitative estimate of drug-likeness (QED) is 0.659. The van der Waals surface area contributed by atoms with Crippen molar-refractivity contribution in [1.29, 1.82) is 0 Å². The molecule has 1 aromatic rings. The first-order chi connectivity index (χ1) is 13.4. The van der Waals surface area contributed by atoms with Crippen LogP contribution in [0.3, 0.4) is 0 Å². The minimum absolute atomic E-state index is 0.131. The number of benzene rings is 1. The van der Waals surface area contributed by atoms with Crippen LogP contribution in [0.25, 0.3) is 0 Å². The van der Waals surface area contributed by atoms with Crippen molar-refractivity contribution in [2.24, 2.45) is 11.1 Å². The molecule has 2 aliphatic heterocycles. The van der Waals surface area contributed by atoms with E-state index in [1.807, 2.05) is 18.2 Å². The van der Waals surface area contributed by atoms with Crippen molar-refractivity contribution in [3.8, 4) is 0 Å². The molecule has 7 nitrogen and oxygen atoms in total. The first kappa shape index (κ1) is 19.1. The zero-order valence-corrected chi connectivity index (χ0v) is 16.3. The number of nitrogens with zero attached hydrogens (tertiary/aromatic N) is 1. The molecule has 1 aromatic carbocycles. The first-order valence-corrected chi connectivity index (χ1v) is 10.1. The number of rotatable bonds is 5. The van der Waals surface area contributed by atoms with Gasteiger partial charge in [-0.15, -0.1) is 0 Å². The van der Waals surface area contributed by atoms with E-state index in [-0.39, 0.29) is 35.6 Å². The van der Waals surface area contributed by atoms with Gasteiger partial charge in [-0.1, -0.05) is 25.5 Å². The van der Waals surface area contributed by atoms with Crippen molar-refractivity contribution in [2.75, 3.05) is 6.54 Å². The predicted molar refractivity (Wildman–Crippen MR) is 104 cm³/mol.